The Morgan fingerprint density at radius 1 is 1.28 bits per heavy atom. The van der Waals surface area contributed by atoms with Gasteiger partial charge in [-0.3, -0.25) is 9.59 Å². The third-order valence-corrected chi connectivity index (χ3v) is 3.29. The molecule has 104 valence electrons. The van der Waals surface area contributed by atoms with Crippen molar-refractivity contribution in [3.8, 4) is 0 Å². The lowest BCUT2D eigenvalue weighted by Crippen LogP contribution is -2.42. The van der Waals surface area contributed by atoms with Gasteiger partial charge in [-0.15, -0.1) is 0 Å². The van der Waals surface area contributed by atoms with Crippen molar-refractivity contribution in [1.82, 2.24) is 4.90 Å². The van der Waals surface area contributed by atoms with Gasteiger partial charge in [0.2, 0.25) is 5.91 Å². The number of ketones is 1. The average Bonchev–Trinajstić information content (AvgIpc) is 2.54. The molecule has 0 N–H and O–H groups in total. The van der Waals surface area contributed by atoms with E-state index in [9.17, 15) is 9.59 Å². The first-order valence-electron chi connectivity index (χ1n) is 7.01. The Hall–Kier alpha value is -0.900. The molecule has 4 heteroatoms. The molecule has 1 heterocycles. The largest absolute Gasteiger partial charge is 0.372 e. The molecule has 0 aromatic carbocycles. The average molecular weight is 255 g/mol. The minimum atomic E-state index is 0.0385. The molecule has 1 amide bonds. The molecule has 1 fully saturated rings. The highest BCUT2D eigenvalue weighted by molar-refractivity contribution is 5.80. The van der Waals surface area contributed by atoms with E-state index in [4.69, 9.17) is 4.74 Å². The first-order chi connectivity index (χ1) is 8.65. The zero-order valence-electron chi connectivity index (χ0n) is 11.6. The number of nitrogens with zero attached hydrogens (tertiary/aromatic N) is 1. The van der Waals surface area contributed by atoms with Crippen molar-refractivity contribution < 1.29 is 14.3 Å². The van der Waals surface area contributed by atoms with Crippen molar-refractivity contribution in [2.24, 2.45) is 0 Å². The fourth-order valence-electron chi connectivity index (χ4n) is 2.44. The van der Waals surface area contributed by atoms with E-state index in [0.29, 0.717) is 13.0 Å². The van der Waals surface area contributed by atoms with Crippen LogP contribution < -0.4 is 0 Å². The van der Waals surface area contributed by atoms with Crippen LogP contribution in [0.5, 0.6) is 0 Å². The molecule has 1 unspecified atom stereocenters. The Labute approximate surface area is 110 Å². The second-order valence-corrected chi connectivity index (χ2v) is 5.05. The van der Waals surface area contributed by atoms with E-state index in [-0.39, 0.29) is 24.3 Å². The zero-order valence-corrected chi connectivity index (χ0v) is 11.6. The van der Waals surface area contributed by atoms with Gasteiger partial charge < -0.3 is 9.64 Å². The standard InChI is InChI=1S/C14H25NO3/c1-3-9-18-11-14(17)15-8-6-4-5-7-13(15)10-12(2)16/h13H,3-11H2,1-2H3. The minimum Gasteiger partial charge on any atom is -0.372 e. The number of rotatable bonds is 6. The second kappa shape index (κ2) is 8.25. The summed E-state index contributed by atoms with van der Waals surface area (Å²) in [5, 5.41) is 0. The molecule has 18 heavy (non-hydrogen) atoms. The second-order valence-electron chi connectivity index (χ2n) is 5.05. The van der Waals surface area contributed by atoms with Crippen molar-refractivity contribution in [3.63, 3.8) is 0 Å². The van der Waals surface area contributed by atoms with Crippen LogP contribution in [-0.2, 0) is 14.3 Å². The lowest BCUT2D eigenvalue weighted by atomic mass is 10.0. The Kier molecular flexibility index (Phi) is 6.94. The van der Waals surface area contributed by atoms with Crippen LogP contribution in [0, 0.1) is 0 Å². The molecule has 0 spiro atoms. The van der Waals surface area contributed by atoms with Crippen LogP contribution in [-0.4, -0.2) is 42.4 Å². The lowest BCUT2D eigenvalue weighted by molar-refractivity contribution is -0.139. The number of hydrogen-bond donors (Lipinski definition) is 0. The number of likely N-dealkylation sites (tertiary alicyclic amines) is 1. The maximum absolute atomic E-state index is 12.1. The van der Waals surface area contributed by atoms with Gasteiger partial charge in [0.1, 0.15) is 12.4 Å². The maximum Gasteiger partial charge on any atom is 0.248 e. The van der Waals surface area contributed by atoms with Gasteiger partial charge in [0.25, 0.3) is 0 Å². The van der Waals surface area contributed by atoms with Crippen molar-refractivity contribution in [2.75, 3.05) is 19.8 Å². The van der Waals surface area contributed by atoms with E-state index in [0.717, 1.165) is 38.6 Å². The monoisotopic (exact) mass is 255 g/mol. The van der Waals surface area contributed by atoms with E-state index < -0.39 is 0 Å². The molecule has 0 radical (unpaired) electrons. The highest BCUT2D eigenvalue weighted by Crippen LogP contribution is 2.19. The van der Waals surface area contributed by atoms with Crippen LogP contribution in [0.2, 0.25) is 0 Å². The Bertz CT molecular complexity index is 278. The number of hydrogen-bond acceptors (Lipinski definition) is 3. The predicted octanol–water partition coefficient (Wildman–Crippen LogP) is 2.16. The summed E-state index contributed by atoms with van der Waals surface area (Å²) in [6.07, 6.45) is 5.64. The quantitative estimate of drug-likeness (QED) is 0.683. The zero-order chi connectivity index (χ0) is 13.4. The molecule has 1 atom stereocenters. The van der Waals surface area contributed by atoms with E-state index in [2.05, 4.69) is 0 Å². The van der Waals surface area contributed by atoms with Crippen LogP contribution in [0.1, 0.15) is 52.4 Å². The first-order valence-corrected chi connectivity index (χ1v) is 7.01. The highest BCUT2D eigenvalue weighted by atomic mass is 16.5. The van der Waals surface area contributed by atoms with E-state index >= 15 is 0 Å². The van der Waals surface area contributed by atoms with E-state index in [1.807, 2.05) is 11.8 Å². The van der Waals surface area contributed by atoms with E-state index in [1.54, 1.807) is 6.92 Å². The normalized spacial score (nSPS) is 20.6. The van der Waals surface area contributed by atoms with Crippen LogP contribution in [0.3, 0.4) is 0 Å². The highest BCUT2D eigenvalue weighted by Gasteiger charge is 2.26. The summed E-state index contributed by atoms with van der Waals surface area (Å²) < 4.78 is 5.32. The van der Waals surface area contributed by atoms with Gasteiger partial charge in [0.15, 0.2) is 0 Å². The molecule has 4 nitrogen and oxygen atoms in total. The van der Waals surface area contributed by atoms with Crippen LogP contribution in [0.15, 0.2) is 0 Å². The molecule has 1 aliphatic heterocycles. The Morgan fingerprint density at radius 2 is 2.06 bits per heavy atom. The SMILES string of the molecule is CCCOCC(=O)N1CCCCCC1CC(C)=O. The van der Waals surface area contributed by atoms with Crippen LogP contribution >= 0.6 is 0 Å². The molecule has 0 aromatic heterocycles. The Morgan fingerprint density at radius 3 is 2.72 bits per heavy atom. The number of ether oxygens (including phenoxy) is 1. The van der Waals surface area contributed by atoms with Gasteiger partial charge in [0, 0.05) is 25.6 Å². The fraction of sp³-hybridized carbons (Fsp3) is 0.857. The summed E-state index contributed by atoms with van der Waals surface area (Å²) in [6.45, 7) is 5.17. The third-order valence-electron chi connectivity index (χ3n) is 3.29. The number of carbonyl (C=O) groups is 2. The Balaban J connectivity index is 2.54. The summed E-state index contributed by atoms with van der Waals surface area (Å²) in [6, 6.07) is 0.0859. The van der Waals surface area contributed by atoms with Crippen LogP contribution in [0.4, 0.5) is 0 Å². The molecule has 1 saturated heterocycles. The van der Waals surface area contributed by atoms with Crippen molar-refractivity contribution in [3.05, 3.63) is 0 Å². The van der Waals surface area contributed by atoms with Gasteiger partial charge in [-0.05, 0) is 26.2 Å². The predicted molar refractivity (Wildman–Crippen MR) is 70.4 cm³/mol. The number of Topliss-reactive ketones (excluding diaryl/α,β-unsaturated/α-hetero) is 1. The van der Waals surface area contributed by atoms with Crippen molar-refractivity contribution >= 4 is 11.7 Å². The summed E-state index contributed by atoms with van der Waals surface area (Å²) in [5.41, 5.74) is 0. The molecule has 0 bridgehead atoms. The first kappa shape index (κ1) is 15.2. The summed E-state index contributed by atoms with van der Waals surface area (Å²) in [7, 11) is 0. The molecule has 1 aliphatic rings. The molecular formula is C14H25NO3. The number of amides is 1. The third kappa shape index (κ3) is 5.17. The smallest absolute Gasteiger partial charge is 0.248 e. The van der Waals surface area contributed by atoms with Gasteiger partial charge in [-0.2, -0.15) is 0 Å². The van der Waals surface area contributed by atoms with Gasteiger partial charge in [-0.25, -0.2) is 0 Å². The summed E-state index contributed by atoms with van der Waals surface area (Å²) in [5.74, 6) is 0.200. The molecular weight excluding hydrogens is 230 g/mol. The molecule has 0 saturated carbocycles. The molecule has 0 aliphatic carbocycles. The number of carbonyl (C=O) groups excluding carboxylic acids is 2. The maximum atomic E-state index is 12.1. The van der Waals surface area contributed by atoms with Gasteiger partial charge >= 0.3 is 0 Å². The van der Waals surface area contributed by atoms with Gasteiger partial charge in [-0.1, -0.05) is 19.8 Å². The molecule has 0 aromatic rings. The van der Waals surface area contributed by atoms with Crippen molar-refractivity contribution in [2.45, 2.75) is 58.4 Å². The van der Waals surface area contributed by atoms with Gasteiger partial charge in [0.05, 0.1) is 0 Å². The fourth-order valence-corrected chi connectivity index (χ4v) is 2.44. The minimum absolute atomic E-state index is 0.0385. The van der Waals surface area contributed by atoms with Crippen molar-refractivity contribution in [1.29, 1.82) is 0 Å². The van der Waals surface area contributed by atoms with E-state index in [1.165, 1.54) is 0 Å². The van der Waals surface area contributed by atoms with Crippen LogP contribution in [0.25, 0.3) is 0 Å². The topological polar surface area (TPSA) is 46.6 Å². The summed E-state index contributed by atoms with van der Waals surface area (Å²) in [4.78, 5) is 25.3. The lowest BCUT2D eigenvalue weighted by Gasteiger charge is -2.29. The summed E-state index contributed by atoms with van der Waals surface area (Å²) >= 11 is 0. The molecule has 1 rings (SSSR count).